The molecule has 23 heavy (non-hydrogen) atoms. The highest BCUT2D eigenvalue weighted by Crippen LogP contribution is 2.36. The molecule has 126 valence electrons. The second-order valence-corrected chi connectivity index (χ2v) is 5.36. The molecule has 0 amide bonds. The Morgan fingerprint density at radius 1 is 1.09 bits per heavy atom. The SMILES string of the molecule is Cl.N[C@H](c1ccc(OC(F)(F)F)cc1)c1c(Cl)cnc(Cl)c1Cl. The molecule has 1 atom stereocenters. The second kappa shape index (κ2) is 7.77. The van der Waals surface area contributed by atoms with Gasteiger partial charge in [-0.2, -0.15) is 0 Å². The van der Waals surface area contributed by atoms with E-state index in [1.165, 1.54) is 18.3 Å². The van der Waals surface area contributed by atoms with E-state index >= 15 is 0 Å². The molecule has 0 saturated heterocycles. The van der Waals surface area contributed by atoms with Crippen molar-refractivity contribution in [3.8, 4) is 5.75 Å². The van der Waals surface area contributed by atoms with Gasteiger partial charge in [-0.1, -0.05) is 46.9 Å². The van der Waals surface area contributed by atoms with Crippen LogP contribution in [0, 0.1) is 0 Å². The number of aromatic nitrogens is 1. The molecule has 0 spiro atoms. The molecular weight excluding hydrogens is 399 g/mol. The van der Waals surface area contributed by atoms with Crippen molar-refractivity contribution in [2.45, 2.75) is 12.4 Å². The Morgan fingerprint density at radius 2 is 1.65 bits per heavy atom. The van der Waals surface area contributed by atoms with E-state index in [1.54, 1.807) is 0 Å². The van der Waals surface area contributed by atoms with Crippen molar-refractivity contribution in [1.82, 2.24) is 4.98 Å². The topological polar surface area (TPSA) is 48.1 Å². The Morgan fingerprint density at radius 3 is 2.17 bits per heavy atom. The Hall–Kier alpha value is -0.920. The van der Waals surface area contributed by atoms with Crippen LogP contribution in [0.25, 0.3) is 0 Å². The molecular formula is C13H9Cl4F3N2O. The monoisotopic (exact) mass is 406 g/mol. The third-order valence-corrected chi connectivity index (χ3v) is 3.82. The number of hydrogen-bond acceptors (Lipinski definition) is 3. The summed E-state index contributed by atoms with van der Waals surface area (Å²) >= 11 is 17.8. The van der Waals surface area contributed by atoms with Crippen LogP contribution in [0.5, 0.6) is 5.75 Å². The summed E-state index contributed by atoms with van der Waals surface area (Å²) in [6, 6.07) is 4.28. The minimum atomic E-state index is -4.76. The van der Waals surface area contributed by atoms with E-state index in [9.17, 15) is 13.2 Å². The Kier molecular flexibility index (Phi) is 6.80. The average molecular weight is 408 g/mol. The van der Waals surface area contributed by atoms with Gasteiger partial charge in [0.1, 0.15) is 10.9 Å². The molecule has 0 aliphatic rings. The van der Waals surface area contributed by atoms with E-state index in [4.69, 9.17) is 40.5 Å². The highest BCUT2D eigenvalue weighted by Gasteiger charge is 2.31. The van der Waals surface area contributed by atoms with Crippen LogP contribution in [0.15, 0.2) is 30.5 Å². The molecule has 0 bridgehead atoms. The number of benzene rings is 1. The zero-order valence-corrected chi connectivity index (χ0v) is 14.2. The number of ether oxygens (including phenoxy) is 1. The number of rotatable bonds is 3. The highest BCUT2D eigenvalue weighted by molar-refractivity contribution is 6.43. The lowest BCUT2D eigenvalue weighted by atomic mass is 10.0. The second-order valence-electron chi connectivity index (χ2n) is 4.22. The van der Waals surface area contributed by atoms with Gasteiger partial charge in [-0.3, -0.25) is 0 Å². The maximum atomic E-state index is 12.1. The largest absolute Gasteiger partial charge is 0.573 e. The fraction of sp³-hybridized carbons (Fsp3) is 0.154. The maximum absolute atomic E-state index is 12.1. The zero-order chi connectivity index (χ0) is 16.5. The van der Waals surface area contributed by atoms with Crippen molar-refractivity contribution in [3.63, 3.8) is 0 Å². The molecule has 0 saturated carbocycles. The average Bonchev–Trinajstić information content (AvgIpc) is 2.42. The smallest absolute Gasteiger partial charge is 0.406 e. The number of pyridine rings is 1. The van der Waals surface area contributed by atoms with Gasteiger partial charge in [-0.15, -0.1) is 25.6 Å². The first-order valence-corrected chi connectivity index (χ1v) is 6.93. The van der Waals surface area contributed by atoms with E-state index in [0.717, 1.165) is 12.1 Å². The Balaban J connectivity index is 0.00000264. The van der Waals surface area contributed by atoms with Gasteiger partial charge in [0, 0.05) is 11.8 Å². The number of halogens is 7. The van der Waals surface area contributed by atoms with Crippen molar-refractivity contribution in [2.24, 2.45) is 5.73 Å². The Labute approximate surface area is 150 Å². The lowest BCUT2D eigenvalue weighted by Crippen LogP contribution is -2.17. The summed E-state index contributed by atoms with van der Waals surface area (Å²) in [6.45, 7) is 0. The number of hydrogen-bond donors (Lipinski definition) is 1. The normalized spacial score (nSPS) is 12.5. The number of nitrogens with two attached hydrogens (primary N) is 1. The van der Waals surface area contributed by atoms with Crippen molar-refractivity contribution >= 4 is 47.2 Å². The minimum absolute atomic E-state index is 0. The summed E-state index contributed by atoms with van der Waals surface area (Å²) in [5.41, 5.74) is 6.87. The predicted octanol–water partition coefficient (Wildman–Crippen LogP) is 5.41. The van der Waals surface area contributed by atoms with Crippen LogP contribution in [0.3, 0.4) is 0 Å². The molecule has 2 N–H and O–H groups in total. The third-order valence-electron chi connectivity index (χ3n) is 2.75. The van der Waals surface area contributed by atoms with Gasteiger partial charge in [0.05, 0.1) is 16.1 Å². The van der Waals surface area contributed by atoms with Crippen LogP contribution in [-0.4, -0.2) is 11.3 Å². The first-order chi connectivity index (χ1) is 10.2. The summed E-state index contributed by atoms with van der Waals surface area (Å²) in [6.07, 6.45) is -3.46. The first-order valence-electron chi connectivity index (χ1n) is 5.79. The van der Waals surface area contributed by atoms with Crippen LogP contribution < -0.4 is 10.5 Å². The zero-order valence-electron chi connectivity index (χ0n) is 11.1. The van der Waals surface area contributed by atoms with E-state index in [0.29, 0.717) is 11.1 Å². The third kappa shape index (κ3) is 5.02. The van der Waals surface area contributed by atoms with Gasteiger partial charge >= 0.3 is 6.36 Å². The standard InChI is InChI=1S/C13H8Cl3F3N2O.ClH/c14-8-5-21-12(16)10(15)9(8)11(20)6-1-3-7(4-2-6)22-13(17,18)19;/h1-5,11H,20H2;1H/t11-;/m1./s1. The van der Waals surface area contributed by atoms with Crippen molar-refractivity contribution in [1.29, 1.82) is 0 Å². The summed E-state index contributed by atoms with van der Waals surface area (Å²) < 4.78 is 40.1. The lowest BCUT2D eigenvalue weighted by molar-refractivity contribution is -0.274. The number of alkyl halides is 3. The Bertz CT molecular complexity index is 680. The maximum Gasteiger partial charge on any atom is 0.573 e. The van der Waals surface area contributed by atoms with E-state index < -0.39 is 12.4 Å². The molecule has 3 nitrogen and oxygen atoms in total. The van der Waals surface area contributed by atoms with Gasteiger partial charge in [-0.25, -0.2) is 4.98 Å². The van der Waals surface area contributed by atoms with Crippen molar-refractivity contribution in [2.75, 3.05) is 0 Å². The summed E-state index contributed by atoms with van der Waals surface area (Å²) in [5.74, 6) is -0.353. The lowest BCUT2D eigenvalue weighted by Gasteiger charge is -2.17. The predicted molar refractivity (Wildman–Crippen MR) is 85.7 cm³/mol. The molecule has 1 aromatic carbocycles. The number of nitrogens with zero attached hydrogens (tertiary/aromatic N) is 1. The van der Waals surface area contributed by atoms with Crippen LogP contribution >= 0.6 is 47.2 Å². The van der Waals surface area contributed by atoms with E-state index in [2.05, 4.69) is 9.72 Å². The fourth-order valence-corrected chi connectivity index (χ4v) is 2.51. The molecule has 0 aliphatic carbocycles. The van der Waals surface area contributed by atoms with E-state index in [1.807, 2.05) is 0 Å². The van der Waals surface area contributed by atoms with E-state index in [-0.39, 0.29) is 33.4 Å². The molecule has 0 aliphatic heterocycles. The molecule has 0 fully saturated rings. The summed E-state index contributed by atoms with van der Waals surface area (Å²) in [7, 11) is 0. The summed E-state index contributed by atoms with van der Waals surface area (Å²) in [5, 5.41) is 0.336. The minimum Gasteiger partial charge on any atom is -0.406 e. The molecule has 2 aromatic rings. The van der Waals surface area contributed by atoms with Crippen molar-refractivity contribution in [3.05, 3.63) is 56.8 Å². The van der Waals surface area contributed by atoms with Crippen LogP contribution in [-0.2, 0) is 0 Å². The molecule has 2 rings (SSSR count). The molecule has 0 radical (unpaired) electrons. The molecule has 1 aromatic heterocycles. The van der Waals surface area contributed by atoms with Gasteiger partial charge in [0.15, 0.2) is 0 Å². The van der Waals surface area contributed by atoms with Crippen molar-refractivity contribution < 1.29 is 17.9 Å². The van der Waals surface area contributed by atoms with Crippen LogP contribution in [0.2, 0.25) is 15.2 Å². The van der Waals surface area contributed by atoms with Gasteiger partial charge < -0.3 is 10.5 Å². The van der Waals surface area contributed by atoms with Gasteiger partial charge in [0.2, 0.25) is 0 Å². The fourth-order valence-electron chi connectivity index (χ4n) is 1.78. The van der Waals surface area contributed by atoms with Crippen LogP contribution in [0.4, 0.5) is 13.2 Å². The van der Waals surface area contributed by atoms with Gasteiger partial charge in [-0.05, 0) is 17.7 Å². The first kappa shape index (κ1) is 20.1. The highest BCUT2D eigenvalue weighted by atomic mass is 35.5. The molecule has 0 unspecified atom stereocenters. The quantitative estimate of drug-likeness (QED) is 0.692. The summed E-state index contributed by atoms with van der Waals surface area (Å²) in [4.78, 5) is 3.77. The van der Waals surface area contributed by atoms with Gasteiger partial charge in [0.25, 0.3) is 0 Å². The molecule has 1 heterocycles. The molecule has 10 heteroatoms. The van der Waals surface area contributed by atoms with Crippen LogP contribution in [0.1, 0.15) is 17.2 Å².